The molecular weight excluding hydrogens is 443 g/mol. The zero-order valence-corrected chi connectivity index (χ0v) is 22.7. The molecule has 0 aliphatic carbocycles. The maximum atomic E-state index is 12.5. The molecule has 6 nitrogen and oxygen atoms in total. The minimum absolute atomic E-state index is 0.198. The van der Waals surface area contributed by atoms with Gasteiger partial charge in [0.05, 0.1) is 19.8 Å². The number of nitrogens with zero attached hydrogens (tertiary/aromatic N) is 2. The van der Waals surface area contributed by atoms with Gasteiger partial charge in [-0.2, -0.15) is 0 Å². The molecule has 0 bridgehead atoms. The van der Waals surface area contributed by atoms with E-state index >= 15 is 0 Å². The maximum Gasteiger partial charge on any atom is 0.327 e. The molecule has 0 saturated carbocycles. The number of likely N-dealkylation sites (N-methyl/N-ethyl adjacent to an activating group) is 1. The largest absolute Gasteiger partial charge is 0.338 e. The highest BCUT2D eigenvalue weighted by Crippen LogP contribution is 2.50. The minimum atomic E-state index is -2.68. The Labute approximate surface area is 203 Å². The van der Waals surface area contributed by atoms with Gasteiger partial charge in [0, 0.05) is 26.1 Å². The fraction of sp³-hybridized carbons (Fsp3) is 0.958. The Morgan fingerprint density at radius 1 is 0.875 bits per heavy atom. The third-order valence-electron chi connectivity index (χ3n) is 5.86. The van der Waals surface area contributed by atoms with Gasteiger partial charge in [-0.25, -0.2) is 0 Å². The Balaban J connectivity index is 2.02. The van der Waals surface area contributed by atoms with Crippen LogP contribution >= 0.6 is 6.72 Å². The van der Waals surface area contributed by atoms with Crippen molar-refractivity contribution in [2.24, 2.45) is 0 Å². The van der Waals surface area contributed by atoms with E-state index in [-0.39, 0.29) is 5.91 Å². The number of unbranched alkanes of at least 4 members (excludes halogenated alkanes) is 12. The monoisotopic (exact) mass is 492 g/mol. The SMILES string of the molecule is CCCCCCCCCCCCCCCC(=O)N1CCOP(=S)(OCCN(C)C)OCC1. The second-order valence-corrected chi connectivity index (χ2v) is 12.1. The van der Waals surface area contributed by atoms with Crippen LogP contribution in [-0.4, -0.2) is 69.3 Å². The van der Waals surface area contributed by atoms with E-state index in [0.29, 0.717) is 39.3 Å². The summed E-state index contributed by atoms with van der Waals surface area (Å²) in [6, 6.07) is 0. The van der Waals surface area contributed by atoms with Crippen LogP contribution in [0.2, 0.25) is 0 Å². The molecule has 32 heavy (non-hydrogen) atoms. The predicted molar refractivity (Wildman–Crippen MR) is 138 cm³/mol. The third-order valence-corrected chi connectivity index (χ3v) is 8.30. The van der Waals surface area contributed by atoms with E-state index in [2.05, 4.69) is 6.92 Å². The van der Waals surface area contributed by atoms with Crippen molar-refractivity contribution in [1.82, 2.24) is 9.80 Å². The van der Waals surface area contributed by atoms with E-state index in [1.165, 1.54) is 70.6 Å². The summed E-state index contributed by atoms with van der Waals surface area (Å²) in [5, 5.41) is 0. The Bertz CT molecular complexity index is 508. The van der Waals surface area contributed by atoms with Crippen LogP contribution in [0.25, 0.3) is 0 Å². The zero-order valence-electron chi connectivity index (χ0n) is 21.0. The normalized spacial score (nSPS) is 16.8. The van der Waals surface area contributed by atoms with Crippen molar-refractivity contribution in [2.75, 3.05) is 53.6 Å². The second kappa shape index (κ2) is 19.3. The highest BCUT2D eigenvalue weighted by molar-refractivity contribution is 8.07. The molecule has 0 radical (unpaired) electrons. The molecule has 1 fully saturated rings. The Morgan fingerprint density at radius 3 is 1.81 bits per heavy atom. The van der Waals surface area contributed by atoms with Crippen LogP contribution in [0, 0.1) is 0 Å². The molecule has 1 amide bonds. The topological polar surface area (TPSA) is 51.2 Å². The van der Waals surface area contributed by atoms with Crippen LogP contribution in [0.5, 0.6) is 0 Å². The van der Waals surface area contributed by atoms with E-state index in [4.69, 9.17) is 25.4 Å². The highest BCUT2D eigenvalue weighted by Gasteiger charge is 2.25. The second-order valence-electron chi connectivity index (χ2n) is 9.12. The molecule has 0 spiro atoms. The highest BCUT2D eigenvalue weighted by atomic mass is 32.5. The van der Waals surface area contributed by atoms with Crippen molar-refractivity contribution >= 4 is 24.4 Å². The van der Waals surface area contributed by atoms with Gasteiger partial charge in [0.2, 0.25) is 5.91 Å². The summed E-state index contributed by atoms with van der Waals surface area (Å²) in [5.74, 6) is 0.198. The summed E-state index contributed by atoms with van der Waals surface area (Å²) in [6.07, 6.45) is 17.7. The van der Waals surface area contributed by atoms with E-state index in [1.54, 1.807) is 0 Å². The van der Waals surface area contributed by atoms with Crippen molar-refractivity contribution < 1.29 is 18.4 Å². The van der Waals surface area contributed by atoms with Gasteiger partial charge < -0.3 is 23.4 Å². The van der Waals surface area contributed by atoms with Crippen LogP contribution in [0.4, 0.5) is 0 Å². The van der Waals surface area contributed by atoms with Crippen LogP contribution in [0.3, 0.4) is 0 Å². The number of hydrogen-bond acceptors (Lipinski definition) is 6. The molecule has 1 saturated heterocycles. The van der Waals surface area contributed by atoms with Gasteiger partial charge in [-0.05, 0) is 32.3 Å². The fourth-order valence-corrected chi connectivity index (χ4v) is 5.60. The van der Waals surface area contributed by atoms with Crippen molar-refractivity contribution in [3.05, 3.63) is 0 Å². The molecule has 0 N–H and O–H groups in total. The minimum Gasteiger partial charge on any atom is -0.338 e. The third kappa shape index (κ3) is 15.7. The van der Waals surface area contributed by atoms with Crippen LogP contribution < -0.4 is 0 Å². The molecule has 0 unspecified atom stereocenters. The first kappa shape index (κ1) is 30.0. The van der Waals surface area contributed by atoms with Crippen LogP contribution in [-0.2, 0) is 30.2 Å². The standard InChI is InChI=1S/C24H49N2O4PS/c1-4-5-6-7-8-9-10-11-12-13-14-15-16-17-24(27)26-19-22-29-31(32,30-23-20-26)28-21-18-25(2)3/h4-23H2,1-3H3. The van der Waals surface area contributed by atoms with E-state index in [0.717, 1.165) is 19.4 Å². The van der Waals surface area contributed by atoms with Crippen molar-refractivity contribution in [2.45, 2.75) is 96.8 Å². The summed E-state index contributed by atoms with van der Waals surface area (Å²) in [7, 11) is 3.97. The molecule has 1 aliphatic rings. The molecule has 0 aromatic carbocycles. The van der Waals surface area contributed by atoms with Gasteiger partial charge >= 0.3 is 6.72 Å². The van der Waals surface area contributed by atoms with Gasteiger partial charge in [-0.1, -0.05) is 84.0 Å². The fourth-order valence-electron chi connectivity index (χ4n) is 3.79. The molecule has 0 aromatic heterocycles. The molecule has 8 heteroatoms. The Hall–Kier alpha value is -0.0400. The molecular formula is C24H49N2O4PS. The maximum absolute atomic E-state index is 12.5. The molecule has 0 aromatic rings. The average molecular weight is 493 g/mol. The number of carbonyl (C=O) groups excluding carboxylic acids is 1. The summed E-state index contributed by atoms with van der Waals surface area (Å²) in [4.78, 5) is 16.4. The molecule has 1 rings (SSSR count). The lowest BCUT2D eigenvalue weighted by Gasteiger charge is -2.30. The number of amides is 1. The smallest absolute Gasteiger partial charge is 0.327 e. The summed E-state index contributed by atoms with van der Waals surface area (Å²) >= 11 is 5.44. The van der Waals surface area contributed by atoms with E-state index < -0.39 is 6.72 Å². The van der Waals surface area contributed by atoms with Gasteiger partial charge in [-0.3, -0.25) is 4.79 Å². The molecule has 1 heterocycles. The van der Waals surface area contributed by atoms with Crippen LogP contribution in [0.15, 0.2) is 0 Å². The number of carbonyl (C=O) groups is 1. The Kier molecular flexibility index (Phi) is 18.1. The zero-order chi connectivity index (χ0) is 23.5. The molecule has 0 atom stereocenters. The Morgan fingerprint density at radius 2 is 1.34 bits per heavy atom. The average Bonchev–Trinajstić information content (AvgIpc) is 2.74. The first-order valence-electron chi connectivity index (χ1n) is 12.9. The lowest BCUT2D eigenvalue weighted by atomic mass is 10.0. The lowest BCUT2D eigenvalue weighted by Crippen LogP contribution is -2.37. The quantitative estimate of drug-likeness (QED) is 0.169. The van der Waals surface area contributed by atoms with Gasteiger partial charge in [0.15, 0.2) is 0 Å². The predicted octanol–water partition coefficient (Wildman–Crippen LogP) is 6.15. The molecule has 190 valence electrons. The summed E-state index contributed by atoms with van der Waals surface area (Å²) < 4.78 is 17.1. The summed E-state index contributed by atoms with van der Waals surface area (Å²) in [5.41, 5.74) is 0. The first-order chi connectivity index (χ1) is 15.5. The van der Waals surface area contributed by atoms with Gasteiger partial charge in [0.1, 0.15) is 0 Å². The first-order valence-corrected chi connectivity index (χ1v) is 15.5. The number of hydrogen-bond donors (Lipinski definition) is 0. The van der Waals surface area contributed by atoms with E-state index in [9.17, 15) is 4.79 Å². The van der Waals surface area contributed by atoms with Gasteiger partial charge in [-0.15, -0.1) is 0 Å². The van der Waals surface area contributed by atoms with Gasteiger partial charge in [0.25, 0.3) is 0 Å². The van der Waals surface area contributed by atoms with Crippen molar-refractivity contribution in [1.29, 1.82) is 0 Å². The van der Waals surface area contributed by atoms with Crippen molar-refractivity contribution in [3.63, 3.8) is 0 Å². The lowest BCUT2D eigenvalue weighted by molar-refractivity contribution is -0.132. The van der Waals surface area contributed by atoms with Crippen LogP contribution in [0.1, 0.15) is 96.8 Å². The number of rotatable bonds is 18. The molecule has 1 aliphatic heterocycles. The van der Waals surface area contributed by atoms with E-state index in [1.807, 2.05) is 23.9 Å². The van der Waals surface area contributed by atoms with Crippen molar-refractivity contribution in [3.8, 4) is 0 Å². The summed E-state index contributed by atoms with van der Waals surface area (Å²) in [6.45, 7) is 2.74.